The lowest BCUT2D eigenvalue weighted by Crippen LogP contribution is -2.38. The van der Waals surface area contributed by atoms with Crippen molar-refractivity contribution >= 4 is 0 Å². The van der Waals surface area contributed by atoms with Gasteiger partial charge in [0.1, 0.15) is 0 Å². The molecular weight excluding hydrogens is 208 g/mol. The third-order valence-corrected chi connectivity index (χ3v) is 3.68. The first-order valence-corrected chi connectivity index (χ1v) is 6.42. The zero-order valence-corrected chi connectivity index (χ0v) is 10.5. The van der Waals surface area contributed by atoms with Crippen LogP contribution in [0.15, 0.2) is 30.3 Å². The van der Waals surface area contributed by atoms with Gasteiger partial charge in [-0.1, -0.05) is 30.3 Å². The lowest BCUT2D eigenvalue weighted by atomic mass is 9.92. The van der Waals surface area contributed by atoms with Gasteiger partial charge >= 0.3 is 0 Å². The summed E-state index contributed by atoms with van der Waals surface area (Å²) in [5, 5.41) is 0. The van der Waals surface area contributed by atoms with E-state index in [-0.39, 0.29) is 6.04 Å². The Balaban J connectivity index is 1.92. The number of benzene rings is 1. The fraction of sp³-hybridized carbons (Fsp3) is 0.533. The Hall–Kier alpha value is -1.33. The van der Waals surface area contributed by atoms with Gasteiger partial charge in [-0.15, -0.1) is 0 Å². The summed E-state index contributed by atoms with van der Waals surface area (Å²) in [4.78, 5) is 6.17. The van der Waals surface area contributed by atoms with Crippen LogP contribution in [-0.2, 0) is 6.54 Å². The molecule has 1 heterocycles. The molecule has 2 rings (SSSR count). The summed E-state index contributed by atoms with van der Waals surface area (Å²) in [6, 6.07) is 10.8. The minimum Gasteiger partial charge on any atom is -0.314 e. The van der Waals surface area contributed by atoms with Crippen LogP contribution in [0.2, 0.25) is 0 Å². The third-order valence-electron chi connectivity index (χ3n) is 3.68. The van der Waals surface area contributed by atoms with Crippen molar-refractivity contribution in [3.05, 3.63) is 47.3 Å². The maximum Gasteiger partial charge on any atom is 0.225 e. The van der Waals surface area contributed by atoms with E-state index < -0.39 is 0 Å². The van der Waals surface area contributed by atoms with E-state index in [4.69, 9.17) is 6.57 Å². The molecule has 1 aliphatic heterocycles. The topological polar surface area (TPSA) is 7.60 Å². The molecule has 0 N–H and O–H groups in total. The standard InChI is InChI=1S/C15H20N2/c1-13(16-2)15-9-6-10-17(12-15)11-14-7-4-3-5-8-14/h3-5,7-8,13,15H,6,9-12H2,1H3. The number of hydrogen-bond donors (Lipinski definition) is 0. The van der Waals surface area contributed by atoms with E-state index in [9.17, 15) is 0 Å². The molecule has 1 aliphatic rings. The van der Waals surface area contributed by atoms with E-state index in [1.165, 1.54) is 24.9 Å². The molecule has 0 spiro atoms. The molecule has 0 bridgehead atoms. The number of piperidine rings is 1. The Morgan fingerprint density at radius 3 is 2.88 bits per heavy atom. The van der Waals surface area contributed by atoms with E-state index >= 15 is 0 Å². The van der Waals surface area contributed by atoms with E-state index in [1.54, 1.807) is 0 Å². The van der Waals surface area contributed by atoms with Crippen LogP contribution in [0.4, 0.5) is 0 Å². The van der Waals surface area contributed by atoms with Gasteiger partial charge in [0.25, 0.3) is 0 Å². The lowest BCUT2D eigenvalue weighted by Gasteiger charge is -2.32. The van der Waals surface area contributed by atoms with Crippen LogP contribution in [0.5, 0.6) is 0 Å². The predicted octanol–water partition coefficient (Wildman–Crippen LogP) is 3.21. The second kappa shape index (κ2) is 5.84. The maximum absolute atomic E-state index is 7.14. The normalized spacial score (nSPS) is 22.9. The number of likely N-dealkylation sites (tertiary alicyclic amines) is 1. The highest BCUT2D eigenvalue weighted by molar-refractivity contribution is 5.14. The van der Waals surface area contributed by atoms with Gasteiger partial charge in [-0.25, -0.2) is 6.57 Å². The van der Waals surface area contributed by atoms with Crippen molar-refractivity contribution in [1.29, 1.82) is 0 Å². The van der Waals surface area contributed by atoms with Gasteiger partial charge in [-0.05, 0) is 24.9 Å². The fourth-order valence-electron chi connectivity index (χ4n) is 2.58. The quantitative estimate of drug-likeness (QED) is 0.721. The van der Waals surface area contributed by atoms with E-state index in [0.717, 1.165) is 13.1 Å². The molecule has 2 nitrogen and oxygen atoms in total. The van der Waals surface area contributed by atoms with Gasteiger partial charge in [0.15, 0.2) is 0 Å². The highest BCUT2D eigenvalue weighted by Gasteiger charge is 2.27. The molecule has 2 heteroatoms. The third kappa shape index (κ3) is 3.31. The van der Waals surface area contributed by atoms with Crippen molar-refractivity contribution < 1.29 is 0 Å². The van der Waals surface area contributed by atoms with Crippen molar-refractivity contribution in [2.45, 2.75) is 32.4 Å². The van der Waals surface area contributed by atoms with Crippen LogP contribution in [-0.4, -0.2) is 24.0 Å². The van der Waals surface area contributed by atoms with Crippen molar-refractivity contribution in [1.82, 2.24) is 4.90 Å². The summed E-state index contributed by atoms with van der Waals surface area (Å²) in [6.45, 7) is 12.5. The van der Waals surface area contributed by atoms with Crippen molar-refractivity contribution in [3.8, 4) is 0 Å². The molecule has 90 valence electrons. The molecule has 0 amide bonds. The van der Waals surface area contributed by atoms with Gasteiger partial charge in [0.2, 0.25) is 6.04 Å². The highest BCUT2D eigenvalue weighted by atomic mass is 15.1. The largest absolute Gasteiger partial charge is 0.314 e. The monoisotopic (exact) mass is 228 g/mol. The Bertz CT molecular complexity index is 380. The molecule has 0 saturated carbocycles. The second-order valence-electron chi connectivity index (χ2n) is 4.99. The smallest absolute Gasteiger partial charge is 0.225 e. The summed E-state index contributed by atoms with van der Waals surface area (Å²) in [5.74, 6) is 0.560. The SMILES string of the molecule is [C-]#[N+]C(C)C1CCCN(Cc2ccccc2)C1. The fourth-order valence-corrected chi connectivity index (χ4v) is 2.58. The van der Waals surface area contributed by atoms with Crippen LogP contribution < -0.4 is 0 Å². The average molecular weight is 228 g/mol. The van der Waals surface area contributed by atoms with Gasteiger partial charge in [0, 0.05) is 25.9 Å². The Labute approximate surface area is 104 Å². The second-order valence-corrected chi connectivity index (χ2v) is 4.99. The van der Waals surface area contributed by atoms with Crippen LogP contribution in [0.25, 0.3) is 4.85 Å². The summed E-state index contributed by atoms with van der Waals surface area (Å²) < 4.78 is 0. The van der Waals surface area contributed by atoms with Gasteiger partial charge in [0.05, 0.1) is 0 Å². The first-order chi connectivity index (χ1) is 8.29. The van der Waals surface area contributed by atoms with Crippen molar-refractivity contribution in [2.24, 2.45) is 5.92 Å². The lowest BCUT2D eigenvalue weighted by molar-refractivity contribution is 0.161. The average Bonchev–Trinajstić information content (AvgIpc) is 2.39. The highest BCUT2D eigenvalue weighted by Crippen LogP contribution is 2.22. The van der Waals surface area contributed by atoms with Gasteiger partial charge < -0.3 is 4.85 Å². The molecule has 17 heavy (non-hydrogen) atoms. The molecular formula is C15H20N2. The minimum atomic E-state index is 0.175. The Morgan fingerprint density at radius 2 is 2.18 bits per heavy atom. The number of hydrogen-bond acceptors (Lipinski definition) is 1. The van der Waals surface area contributed by atoms with Crippen LogP contribution in [0, 0.1) is 12.5 Å². The zero-order chi connectivity index (χ0) is 12.1. The van der Waals surface area contributed by atoms with E-state index in [1.807, 2.05) is 0 Å². The van der Waals surface area contributed by atoms with Crippen LogP contribution in [0.1, 0.15) is 25.3 Å². The van der Waals surface area contributed by atoms with Gasteiger partial charge in [-0.2, -0.15) is 0 Å². The summed E-state index contributed by atoms with van der Waals surface area (Å²) in [6.07, 6.45) is 2.45. The molecule has 2 atom stereocenters. The van der Waals surface area contributed by atoms with Gasteiger partial charge in [-0.3, -0.25) is 4.90 Å². The predicted molar refractivity (Wildman–Crippen MR) is 70.5 cm³/mol. The molecule has 1 aromatic rings. The number of rotatable bonds is 3. The van der Waals surface area contributed by atoms with Crippen molar-refractivity contribution in [3.63, 3.8) is 0 Å². The molecule has 0 aromatic heterocycles. The number of nitrogens with zero attached hydrogens (tertiary/aromatic N) is 2. The summed E-state index contributed by atoms with van der Waals surface area (Å²) in [5.41, 5.74) is 1.38. The molecule has 0 aliphatic carbocycles. The molecule has 2 unspecified atom stereocenters. The van der Waals surface area contributed by atoms with E-state index in [2.05, 4.69) is 47.0 Å². The van der Waals surface area contributed by atoms with E-state index in [0.29, 0.717) is 5.92 Å². The first-order valence-electron chi connectivity index (χ1n) is 6.42. The summed E-state index contributed by atoms with van der Waals surface area (Å²) >= 11 is 0. The minimum absolute atomic E-state index is 0.175. The molecule has 0 radical (unpaired) electrons. The maximum atomic E-state index is 7.14. The van der Waals surface area contributed by atoms with Crippen LogP contribution >= 0.6 is 0 Å². The molecule has 1 aromatic carbocycles. The summed E-state index contributed by atoms with van der Waals surface area (Å²) in [7, 11) is 0. The Kier molecular flexibility index (Phi) is 4.17. The molecule has 1 fully saturated rings. The first kappa shape index (κ1) is 12.1. The molecule has 1 saturated heterocycles. The Morgan fingerprint density at radius 1 is 1.41 bits per heavy atom. The zero-order valence-electron chi connectivity index (χ0n) is 10.5. The van der Waals surface area contributed by atoms with Crippen molar-refractivity contribution in [2.75, 3.05) is 13.1 Å². The van der Waals surface area contributed by atoms with Crippen LogP contribution in [0.3, 0.4) is 0 Å².